The molecule has 0 unspecified atom stereocenters. The molecule has 1 aliphatic rings. The van der Waals surface area contributed by atoms with Crippen molar-refractivity contribution >= 4 is 33.3 Å². The highest BCUT2D eigenvalue weighted by Crippen LogP contribution is 2.30. The van der Waals surface area contributed by atoms with Crippen molar-refractivity contribution in [2.24, 2.45) is 5.92 Å². The quantitative estimate of drug-likeness (QED) is 0.792. The summed E-state index contributed by atoms with van der Waals surface area (Å²) in [6, 6.07) is 2.41. The molecule has 2 aromatic heterocycles. The molecule has 1 aliphatic heterocycles. The molecule has 1 amide bonds. The third-order valence-corrected chi connectivity index (χ3v) is 5.63. The molecule has 3 rings (SSSR count). The van der Waals surface area contributed by atoms with Gasteiger partial charge in [-0.25, -0.2) is 0 Å². The van der Waals surface area contributed by atoms with Crippen LogP contribution in [0.25, 0.3) is 10.1 Å². The lowest BCUT2D eigenvalue weighted by atomic mass is 9.97. The van der Waals surface area contributed by atoms with Crippen molar-refractivity contribution in [3.05, 3.63) is 23.3 Å². The first kappa shape index (κ1) is 17.0. The van der Waals surface area contributed by atoms with E-state index in [4.69, 9.17) is 4.74 Å². The first-order valence-corrected chi connectivity index (χ1v) is 9.38. The predicted octanol–water partition coefficient (Wildman–Crippen LogP) is 3.70. The van der Waals surface area contributed by atoms with Crippen molar-refractivity contribution in [1.29, 1.82) is 0 Å². The van der Waals surface area contributed by atoms with Crippen molar-refractivity contribution in [3.63, 3.8) is 0 Å². The Morgan fingerprint density at radius 2 is 2.00 bits per heavy atom. The minimum atomic E-state index is -0.127. The molecule has 130 valence electrons. The Balaban J connectivity index is 1.65. The van der Waals surface area contributed by atoms with E-state index in [0.29, 0.717) is 38.6 Å². The maximum Gasteiger partial charge on any atom is 0.309 e. The highest BCUT2D eigenvalue weighted by molar-refractivity contribution is 7.20. The van der Waals surface area contributed by atoms with Crippen LogP contribution in [-0.4, -0.2) is 41.0 Å². The van der Waals surface area contributed by atoms with Gasteiger partial charge in [0.05, 0.1) is 22.1 Å². The second-order valence-electron chi connectivity index (χ2n) is 6.55. The highest BCUT2D eigenvalue weighted by Gasteiger charge is 2.29. The van der Waals surface area contributed by atoms with Gasteiger partial charge < -0.3 is 14.2 Å². The summed E-state index contributed by atoms with van der Waals surface area (Å²) in [6.07, 6.45) is 5.58. The SMILES string of the molecule is CCOC(=O)C1CCN(C(=O)c2cc3cn(C(C)C)cc3s2)CC1. The zero-order valence-corrected chi connectivity index (χ0v) is 15.3. The van der Waals surface area contributed by atoms with Crippen LogP contribution in [0.5, 0.6) is 0 Å². The molecule has 0 saturated carbocycles. The van der Waals surface area contributed by atoms with E-state index in [1.54, 1.807) is 11.3 Å². The molecule has 1 fully saturated rings. The molecule has 0 radical (unpaired) electrons. The van der Waals surface area contributed by atoms with E-state index < -0.39 is 0 Å². The van der Waals surface area contributed by atoms with Gasteiger partial charge in [0.25, 0.3) is 5.91 Å². The van der Waals surface area contributed by atoms with Gasteiger partial charge in [-0.05, 0) is 39.7 Å². The van der Waals surface area contributed by atoms with Gasteiger partial charge in [0, 0.05) is 36.9 Å². The normalized spacial score (nSPS) is 16.1. The van der Waals surface area contributed by atoms with Gasteiger partial charge in [-0.2, -0.15) is 0 Å². The average Bonchev–Trinajstić information content (AvgIpc) is 3.13. The largest absolute Gasteiger partial charge is 0.466 e. The summed E-state index contributed by atoms with van der Waals surface area (Å²) in [5, 5.41) is 1.12. The van der Waals surface area contributed by atoms with Crippen LogP contribution in [0, 0.1) is 5.92 Å². The molecule has 2 aromatic rings. The summed E-state index contributed by atoms with van der Waals surface area (Å²) in [4.78, 5) is 27.1. The van der Waals surface area contributed by atoms with Crippen LogP contribution in [0.1, 0.15) is 49.3 Å². The molecule has 0 aromatic carbocycles. The number of amides is 1. The fourth-order valence-corrected chi connectivity index (χ4v) is 4.14. The molecule has 0 atom stereocenters. The Labute approximate surface area is 146 Å². The molecule has 5 nitrogen and oxygen atoms in total. The molecular formula is C18H24N2O3S. The summed E-state index contributed by atoms with van der Waals surface area (Å²) in [5.74, 6) is -0.115. The fraction of sp³-hybridized carbons (Fsp3) is 0.556. The number of carbonyl (C=O) groups is 2. The van der Waals surface area contributed by atoms with E-state index >= 15 is 0 Å². The first-order valence-electron chi connectivity index (χ1n) is 8.56. The maximum atomic E-state index is 12.7. The minimum Gasteiger partial charge on any atom is -0.466 e. The molecule has 0 aliphatic carbocycles. The zero-order chi connectivity index (χ0) is 17.3. The second kappa shape index (κ2) is 6.97. The minimum absolute atomic E-state index is 0.0661. The molecule has 6 heteroatoms. The van der Waals surface area contributed by atoms with Crippen LogP contribution >= 0.6 is 11.3 Å². The molecule has 0 bridgehead atoms. The monoisotopic (exact) mass is 348 g/mol. The lowest BCUT2D eigenvalue weighted by molar-refractivity contribution is -0.149. The van der Waals surface area contributed by atoms with Crippen LogP contribution in [0.4, 0.5) is 0 Å². The number of nitrogens with zero attached hydrogens (tertiary/aromatic N) is 2. The predicted molar refractivity (Wildman–Crippen MR) is 95.5 cm³/mol. The molecular weight excluding hydrogens is 324 g/mol. The second-order valence-corrected chi connectivity index (χ2v) is 7.63. The third kappa shape index (κ3) is 3.34. The van der Waals surface area contributed by atoms with Crippen LogP contribution < -0.4 is 0 Å². The van der Waals surface area contributed by atoms with E-state index in [0.717, 1.165) is 15.0 Å². The number of ether oxygens (including phenoxy) is 1. The van der Waals surface area contributed by atoms with Crippen LogP contribution in [0.3, 0.4) is 0 Å². The van der Waals surface area contributed by atoms with E-state index in [2.05, 4.69) is 30.8 Å². The summed E-state index contributed by atoms with van der Waals surface area (Å²) < 4.78 is 8.39. The van der Waals surface area contributed by atoms with Gasteiger partial charge in [0.1, 0.15) is 0 Å². The van der Waals surface area contributed by atoms with Gasteiger partial charge in [-0.3, -0.25) is 9.59 Å². The number of esters is 1. The Kier molecular flexibility index (Phi) is 4.94. The summed E-state index contributed by atoms with van der Waals surface area (Å²) in [7, 11) is 0. The number of aromatic nitrogens is 1. The zero-order valence-electron chi connectivity index (χ0n) is 14.4. The standard InChI is InChI=1S/C18H24N2O3S/c1-4-23-18(22)13-5-7-19(8-6-13)17(21)15-9-14-10-20(12(2)3)11-16(14)24-15/h9-13H,4-8H2,1-3H3. The average molecular weight is 348 g/mol. The lowest BCUT2D eigenvalue weighted by Crippen LogP contribution is -2.40. The van der Waals surface area contributed by atoms with Crippen molar-refractivity contribution in [2.45, 2.75) is 39.7 Å². The Morgan fingerprint density at radius 1 is 1.29 bits per heavy atom. The number of hydrogen-bond acceptors (Lipinski definition) is 4. The highest BCUT2D eigenvalue weighted by atomic mass is 32.1. The number of hydrogen-bond donors (Lipinski definition) is 0. The number of piperidine rings is 1. The van der Waals surface area contributed by atoms with Crippen LogP contribution in [-0.2, 0) is 9.53 Å². The Hall–Kier alpha value is -1.82. The Bertz CT molecular complexity index is 707. The third-order valence-electron chi connectivity index (χ3n) is 4.55. The van der Waals surface area contributed by atoms with Crippen LogP contribution in [0.2, 0.25) is 0 Å². The summed E-state index contributed by atoms with van der Waals surface area (Å²) in [5.41, 5.74) is 0. The number of rotatable bonds is 4. The van der Waals surface area contributed by atoms with Gasteiger partial charge in [-0.1, -0.05) is 0 Å². The summed E-state index contributed by atoms with van der Waals surface area (Å²) in [6.45, 7) is 7.76. The number of fused-ring (bicyclic) bond motifs is 1. The molecule has 0 spiro atoms. The molecule has 3 heterocycles. The lowest BCUT2D eigenvalue weighted by Gasteiger charge is -2.30. The van der Waals surface area contributed by atoms with Gasteiger partial charge in [0.2, 0.25) is 0 Å². The van der Waals surface area contributed by atoms with Crippen molar-refractivity contribution < 1.29 is 14.3 Å². The molecule has 24 heavy (non-hydrogen) atoms. The van der Waals surface area contributed by atoms with E-state index in [1.165, 1.54) is 0 Å². The van der Waals surface area contributed by atoms with E-state index in [9.17, 15) is 9.59 Å². The van der Waals surface area contributed by atoms with Gasteiger partial charge >= 0.3 is 5.97 Å². The number of likely N-dealkylation sites (tertiary alicyclic amines) is 1. The molecule has 0 N–H and O–H groups in total. The smallest absolute Gasteiger partial charge is 0.309 e. The maximum absolute atomic E-state index is 12.7. The van der Waals surface area contributed by atoms with Crippen molar-refractivity contribution in [1.82, 2.24) is 9.47 Å². The Morgan fingerprint density at radius 3 is 2.58 bits per heavy atom. The van der Waals surface area contributed by atoms with E-state index in [-0.39, 0.29) is 17.8 Å². The number of thiophene rings is 1. The summed E-state index contributed by atoms with van der Waals surface area (Å²) >= 11 is 1.55. The first-order chi connectivity index (χ1) is 11.5. The topological polar surface area (TPSA) is 51.5 Å². The van der Waals surface area contributed by atoms with E-state index in [1.807, 2.05) is 17.9 Å². The number of carbonyl (C=O) groups excluding carboxylic acids is 2. The molecule has 1 saturated heterocycles. The van der Waals surface area contributed by atoms with Crippen molar-refractivity contribution in [2.75, 3.05) is 19.7 Å². The van der Waals surface area contributed by atoms with Gasteiger partial charge in [0.15, 0.2) is 0 Å². The van der Waals surface area contributed by atoms with Crippen molar-refractivity contribution in [3.8, 4) is 0 Å². The van der Waals surface area contributed by atoms with Crippen LogP contribution in [0.15, 0.2) is 18.5 Å². The van der Waals surface area contributed by atoms with Gasteiger partial charge in [-0.15, -0.1) is 11.3 Å². The fourth-order valence-electron chi connectivity index (χ4n) is 3.09.